The molecule has 0 radical (unpaired) electrons. The molecule has 0 aromatic heterocycles. The second-order valence-electron chi connectivity index (χ2n) is 7.78. The number of nitrogens with two attached hydrogens (primary N) is 1. The summed E-state index contributed by atoms with van der Waals surface area (Å²) in [6.45, 7) is 1.14. The minimum Gasteiger partial charge on any atom is -0.508 e. The second kappa shape index (κ2) is 14.1. The number of carboxylic acids is 2. The van der Waals surface area contributed by atoms with E-state index in [1.807, 2.05) is 0 Å². The normalized spacial score (nSPS) is 15.1. The Kier molecular flexibility index (Phi) is 12.0. The van der Waals surface area contributed by atoms with Crippen molar-refractivity contribution in [3.63, 3.8) is 0 Å². The van der Waals surface area contributed by atoms with Crippen LogP contribution in [0.4, 0.5) is 0 Å². The van der Waals surface area contributed by atoms with Gasteiger partial charge in [0.2, 0.25) is 17.7 Å². The first-order valence-corrected chi connectivity index (χ1v) is 11.2. The third-order valence-corrected chi connectivity index (χ3v) is 5.24. The molecule has 1 rings (SSSR count). The number of rotatable bonds is 14. The highest BCUT2D eigenvalue weighted by Gasteiger charge is 2.31. The second-order valence-corrected chi connectivity index (χ2v) is 8.14. The van der Waals surface area contributed by atoms with Crippen LogP contribution in [0.5, 0.6) is 5.75 Å². The summed E-state index contributed by atoms with van der Waals surface area (Å²) in [5, 5.41) is 43.7. The zero-order valence-electron chi connectivity index (χ0n) is 18.9. The van der Waals surface area contributed by atoms with Crippen molar-refractivity contribution in [2.75, 3.05) is 5.75 Å². The van der Waals surface area contributed by atoms with Crippen LogP contribution in [0.2, 0.25) is 0 Å². The molecule has 0 fully saturated rings. The first kappa shape index (κ1) is 29.7. The molecule has 1 aromatic carbocycles. The van der Waals surface area contributed by atoms with Crippen molar-refractivity contribution in [2.45, 2.75) is 56.5 Å². The van der Waals surface area contributed by atoms with Gasteiger partial charge in [-0.25, -0.2) is 4.79 Å². The third kappa shape index (κ3) is 10.2. The van der Waals surface area contributed by atoms with E-state index in [-0.39, 0.29) is 24.3 Å². The van der Waals surface area contributed by atoms with Crippen LogP contribution in [0.1, 0.15) is 25.3 Å². The molecule has 14 heteroatoms. The highest BCUT2D eigenvalue weighted by molar-refractivity contribution is 7.80. The van der Waals surface area contributed by atoms with Crippen LogP contribution < -0.4 is 21.7 Å². The van der Waals surface area contributed by atoms with Crippen LogP contribution in [-0.4, -0.2) is 86.1 Å². The predicted octanol–water partition coefficient (Wildman–Crippen LogP) is -2.02. The molecule has 9 N–H and O–H groups in total. The average Bonchev–Trinajstić information content (AvgIpc) is 2.78. The Bertz CT molecular complexity index is 911. The van der Waals surface area contributed by atoms with Crippen molar-refractivity contribution >= 4 is 42.3 Å². The van der Waals surface area contributed by atoms with Crippen LogP contribution in [0.15, 0.2) is 24.3 Å². The maximum absolute atomic E-state index is 12.7. The van der Waals surface area contributed by atoms with Crippen molar-refractivity contribution in [1.82, 2.24) is 16.0 Å². The van der Waals surface area contributed by atoms with Gasteiger partial charge in [-0.2, -0.15) is 12.6 Å². The molecule has 0 aliphatic heterocycles. The number of aliphatic hydroxyl groups is 1. The maximum atomic E-state index is 12.7. The van der Waals surface area contributed by atoms with E-state index in [1.54, 1.807) is 12.1 Å². The number of aliphatic carboxylic acids is 2. The molecule has 0 bridgehead atoms. The van der Waals surface area contributed by atoms with E-state index in [0.717, 1.165) is 6.92 Å². The molecule has 5 unspecified atom stereocenters. The number of carbonyl (C=O) groups is 5. The molecule has 194 valence electrons. The van der Waals surface area contributed by atoms with Gasteiger partial charge in [0.1, 0.15) is 17.8 Å². The number of hydrogen-bond donors (Lipinski definition) is 9. The Morgan fingerprint density at radius 3 is 1.97 bits per heavy atom. The Labute approximate surface area is 206 Å². The Morgan fingerprint density at radius 2 is 1.49 bits per heavy atom. The van der Waals surface area contributed by atoms with Crippen LogP contribution in [-0.2, 0) is 30.4 Å². The largest absolute Gasteiger partial charge is 0.508 e. The zero-order valence-corrected chi connectivity index (χ0v) is 19.8. The molecule has 0 heterocycles. The molecule has 13 nitrogen and oxygen atoms in total. The number of phenols is 1. The highest BCUT2D eigenvalue weighted by Crippen LogP contribution is 2.11. The minimum atomic E-state index is -1.69. The predicted molar refractivity (Wildman–Crippen MR) is 126 cm³/mol. The molecule has 0 aliphatic rings. The molecule has 5 atom stereocenters. The summed E-state index contributed by atoms with van der Waals surface area (Å²) in [4.78, 5) is 59.9. The Balaban J connectivity index is 2.86. The Hall–Kier alpha value is -3.36. The molecule has 0 saturated heterocycles. The molecule has 0 spiro atoms. The van der Waals surface area contributed by atoms with Crippen molar-refractivity contribution in [1.29, 1.82) is 0 Å². The molecule has 3 amide bonds. The number of aromatic hydroxyl groups is 1. The summed E-state index contributed by atoms with van der Waals surface area (Å²) < 4.78 is 0. The van der Waals surface area contributed by atoms with Gasteiger partial charge in [0.25, 0.3) is 0 Å². The number of nitrogens with one attached hydrogen (secondary N) is 3. The number of thiol groups is 1. The first-order valence-electron chi connectivity index (χ1n) is 10.5. The van der Waals surface area contributed by atoms with E-state index in [4.69, 9.17) is 15.9 Å². The highest BCUT2D eigenvalue weighted by atomic mass is 32.1. The fourth-order valence-corrected chi connectivity index (χ4v) is 3.16. The monoisotopic (exact) mass is 514 g/mol. The zero-order chi connectivity index (χ0) is 26.7. The quantitative estimate of drug-likeness (QED) is 0.124. The van der Waals surface area contributed by atoms with Crippen LogP contribution in [0, 0.1) is 0 Å². The molecular formula is C21H30N4O9S. The lowest BCUT2D eigenvalue weighted by Gasteiger charge is -2.25. The van der Waals surface area contributed by atoms with Gasteiger partial charge in [-0.05, 0) is 37.5 Å². The lowest BCUT2D eigenvalue weighted by molar-refractivity contribution is -0.145. The number of hydrogen-bond acceptors (Lipinski definition) is 9. The number of phenolic OH excluding ortho intramolecular Hbond substituents is 1. The maximum Gasteiger partial charge on any atom is 0.328 e. The molecule has 0 aliphatic carbocycles. The van der Waals surface area contributed by atoms with Crippen molar-refractivity contribution in [2.24, 2.45) is 5.73 Å². The summed E-state index contributed by atoms with van der Waals surface area (Å²) in [5.74, 6) is -5.54. The first-order chi connectivity index (χ1) is 16.3. The van der Waals surface area contributed by atoms with E-state index < -0.39 is 66.4 Å². The Morgan fingerprint density at radius 1 is 0.943 bits per heavy atom. The summed E-state index contributed by atoms with van der Waals surface area (Å²) in [5.41, 5.74) is 6.55. The van der Waals surface area contributed by atoms with Gasteiger partial charge in [-0.15, -0.1) is 0 Å². The summed E-state index contributed by atoms with van der Waals surface area (Å²) >= 11 is 4.03. The molecule has 35 heavy (non-hydrogen) atoms. The fourth-order valence-electron chi connectivity index (χ4n) is 2.90. The summed E-state index contributed by atoms with van der Waals surface area (Å²) in [6.07, 6.45) is -2.27. The van der Waals surface area contributed by atoms with Crippen molar-refractivity contribution < 1.29 is 44.4 Å². The standard InChI is InChI=1S/C21H30N4O9S/c1-10(26)17(21(33)34)25-19(31)14(6-7-16(28)29)23-20(32)15(9-35)24-18(30)13(22)8-11-2-4-12(27)5-3-11/h2-5,10,13-15,17,26-27,35H,6-9,22H2,1H3,(H,23,32)(H,24,30)(H,25,31)(H,28,29)(H,33,34). The number of amides is 3. The average molecular weight is 515 g/mol. The van der Waals surface area contributed by atoms with Gasteiger partial charge in [-0.1, -0.05) is 12.1 Å². The third-order valence-electron chi connectivity index (χ3n) is 4.87. The molecule has 1 aromatic rings. The SMILES string of the molecule is CC(O)C(NC(=O)C(CCC(=O)O)NC(=O)C(CS)NC(=O)C(N)Cc1ccc(O)cc1)C(=O)O. The van der Waals surface area contributed by atoms with Crippen LogP contribution in [0.3, 0.4) is 0 Å². The summed E-state index contributed by atoms with van der Waals surface area (Å²) in [6, 6.07) is 0.557. The lowest BCUT2D eigenvalue weighted by atomic mass is 10.1. The van der Waals surface area contributed by atoms with Crippen LogP contribution >= 0.6 is 12.6 Å². The van der Waals surface area contributed by atoms with E-state index in [1.165, 1.54) is 12.1 Å². The van der Waals surface area contributed by atoms with E-state index in [2.05, 4.69) is 28.6 Å². The molecule has 0 saturated carbocycles. The topological polar surface area (TPSA) is 228 Å². The van der Waals surface area contributed by atoms with E-state index in [9.17, 15) is 34.2 Å². The lowest BCUT2D eigenvalue weighted by Crippen LogP contribution is -2.58. The van der Waals surface area contributed by atoms with E-state index >= 15 is 0 Å². The van der Waals surface area contributed by atoms with Gasteiger partial charge >= 0.3 is 11.9 Å². The molecular weight excluding hydrogens is 484 g/mol. The van der Waals surface area contributed by atoms with Crippen molar-refractivity contribution in [3.05, 3.63) is 29.8 Å². The van der Waals surface area contributed by atoms with Gasteiger partial charge in [0, 0.05) is 12.2 Å². The number of carbonyl (C=O) groups excluding carboxylic acids is 3. The van der Waals surface area contributed by atoms with Gasteiger partial charge in [-0.3, -0.25) is 19.2 Å². The smallest absolute Gasteiger partial charge is 0.328 e. The van der Waals surface area contributed by atoms with Crippen molar-refractivity contribution in [3.8, 4) is 5.75 Å². The number of carboxylic acid groups (broad SMARTS) is 2. The minimum absolute atomic E-state index is 0.0446. The number of aliphatic hydroxyl groups excluding tert-OH is 1. The number of benzene rings is 1. The fraction of sp³-hybridized carbons (Fsp3) is 0.476. The van der Waals surface area contributed by atoms with Gasteiger partial charge < -0.3 is 42.1 Å². The summed E-state index contributed by atoms with van der Waals surface area (Å²) in [7, 11) is 0. The van der Waals surface area contributed by atoms with E-state index in [0.29, 0.717) is 5.56 Å². The van der Waals surface area contributed by atoms with Gasteiger partial charge in [0.15, 0.2) is 6.04 Å². The van der Waals surface area contributed by atoms with Gasteiger partial charge in [0.05, 0.1) is 12.1 Å². The van der Waals surface area contributed by atoms with Crippen LogP contribution in [0.25, 0.3) is 0 Å².